The quantitative estimate of drug-likeness (QED) is 0.493. The van der Waals surface area contributed by atoms with E-state index in [2.05, 4.69) is 0 Å². The first-order valence-electron chi connectivity index (χ1n) is 1.67. The van der Waals surface area contributed by atoms with E-state index in [0.717, 1.165) is 0 Å². The zero-order chi connectivity index (χ0) is 3.54. The Morgan fingerprint density at radius 3 is 1.33 bits per heavy atom. The number of hydrogen-bond donors (Lipinski definition) is 0. The molecule has 0 nitrogen and oxygen atoms in total. The molecule has 1 aliphatic rings. The van der Waals surface area contributed by atoms with Gasteiger partial charge in [-0.25, -0.2) is 0 Å². The van der Waals surface area contributed by atoms with Gasteiger partial charge in [-0.15, -0.1) is 0 Å². The molecule has 0 amide bonds. The van der Waals surface area contributed by atoms with Crippen molar-refractivity contribution in [3.05, 3.63) is 30.7 Å². The van der Waals surface area contributed by atoms with Gasteiger partial charge in [-0.2, -0.15) is 0 Å². The van der Waals surface area contributed by atoms with E-state index in [-0.39, 0.29) is 32.7 Å². The number of rotatable bonds is 0. The fraction of sp³-hybridized carbons (Fsp3) is 0. The van der Waals surface area contributed by atoms with Gasteiger partial charge >= 0.3 is 0 Å². The molecule has 0 spiro atoms. The van der Waals surface area contributed by atoms with Gasteiger partial charge < -0.3 is 0 Å². The molecule has 1 rings (SSSR count). The molecule has 28 valence electrons. The first-order valence-corrected chi connectivity index (χ1v) is 1.67. The van der Waals surface area contributed by atoms with E-state index in [1.54, 1.807) is 0 Å². The molecular weight excluding hydrogens is 149 g/mol. The van der Waals surface area contributed by atoms with E-state index in [0.29, 0.717) is 0 Å². The van der Waals surface area contributed by atoms with Gasteiger partial charge in [-0.3, -0.25) is 0 Å². The topological polar surface area (TPSA) is 0 Å². The standard InChI is InChI=1S/C5H5.Y/c1-2-4-5-3-1;/h1-5H;. The van der Waals surface area contributed by atoms with Crippen molar-refractivity contribution in [2.24, 2.45) is 0 Å². The van der Waals surface area contributed by atoms with Gasteiger partial charge in [0.1, 0.15) is 0 Å². The van der Waals surface area contributed by atoms with Crippen LogP contribution in [0.1, 0.15) is 0 Å². The molecule has 0 atom stereocenters. The minimum Gasteiger partial charge on any atom is -0.0767 e. The van der Waals surface area contributed by atoms with Crippen LogP contribution < -0.4 is 0 Å². The minimum atomic E-state index is 0. The van der Waals surface area contributed by atoms with Crippen LogP contribution in [0.15, 0.2) is 24.3 Å². The van der Waals surface area contributed by atoms with Crippen molar-refractivity contribution in [3.8, 4) is 0 Å². The largest absolute Gasteiger partial charge is 0.0767 e. The summed E-state index contributed by atoms with van der Waals surface area (Å²) in [5.74, 6) is 0. The van der Waals surface area contributed by atoms with E-state index in [1.807, 2.05) is 30.7 Å². The van der Waals surface area contributed by atoms with Crippen molar-refractivity contribution >= 4 is 0 Å². The van der Waals surface area contributed by atoms with E-state index < -0.39 is 0 Å². The Kier molecular flexibility index (Phi) is 4.13. The minimum absolute atomic E-state index is 0. The fourth-order valence-electron chi connectivity index (χ4n) is 0.321. The monoisotopic (exact) mass is 154 g/mol. The Morgan fingerprint density at radius 1 is 0.667 bits per heavy atom. The zero-order valence-electron chi connectivity index (χ0n) is 3.46. The molecule has 0 aromatic carbocycles. The number of allylic oxidation sites excluding steroid dienone is 4. The van der Waals surface area contributed by atoms with Crippen LogP contribution in [-0.2, 0) is 32.7 Å². The molecule has 0 N–H and O–H groups in total. The predicted octanol–water partition coefficient (Wildman–Crippen LogP) is 1.31. The van der Waals surface area contributed by atoms with E-state index in [1.165, 1.54) is 0 Å². The molecule has 1 heteroatoms. The summed E-state index contributed by atoms with van der Waals surface area (Å²) in [6.45, 7) is 0. The van der Waals surface area contributed by atoms with Crippen LogP contribution in [0.4, 0.5) is 0 Å². The SMILES string of the molecule is [CH]1C=CC=C1.[Y]. The average molecular weight is 154 g/mol. The third kappa shape index (κ3) is 1.89. The summed E-state index contributed by atoms with van der Waals surface area (Å²) < 4.78 is 0. The van der Waals surface area contributed by atoms with Crippen molar-refractivity contribution in [1.29, 1.82) is 0 Å². The molecule has 0 unspecified atom stereocenters. The summed E-state index contributed by atoms with van der Waals surface area (Å²) in [6.07, 6.45) is 10.0. The Hall–Kier alpha value is 0.584. The summed E-state index contributed by atoms with van der Waals surface area (Å²) in [5, 5.41) is 0. The maximum absolute atomic E-state index is 2.00. The van der Waals surface area contributed by atoms with Crippen molar-refractivity contribution in [2.75, 3.05) is 0 Å². The second kappa shape index (κ2) is 3.76. The first-order chi connectivity index (χ1) is 2.50. The Bertz CT molecular complexity index is 62.0. The zero-order valence-corrected chi connectivity index (χ0v) is 6.30. The van der Waals surface area contributed by atoms with Crippen LogP contribution in [0, 0.1) is 6.42 Å². The van der Waals surface area contributed by atoms with Crippen LogP contribution in [-0.4, -0.2) is 0 Å². The number of hydrogen-bond acceptors (Lipinski definition) is 0. The van der Waals surface area contributed by atoms with Gasteiger partial charge in [-0.1, -0.05) is 24.3 Å². The van der Waals surface area contributed by atoms with Gasteiger partial charge in [0.15, 0.2) is 0 Å². The first kappa shape index (κ1) is 6.58. The molecule has 6 heavy (non-hydrogen) atoms. The molecule has 0 saturated carbocycles. The second-order valence-electron chi connectivity index (χ2n) is 0.962. The Balaban J connectivity index is 0.000000250. The fourth-order valence-corrected chi connectivity index (χ4v) is 0.321. The molecule has 2 radical (unpaired) electrons. The van der Waals surface area contributed by atoms with Gasteiger partial charge in [0.2, 0.25) is 0 Å². The summed E-state index contributed by atoms with van der Waals surface area (Å²) in [4.78, 5) is 0. The van der Waals surface area contributed by atoms with Crippen LogP contribution in [0.3, 0.4) is 0 Å². The third-order valence-electron chi connectivity index (χ3n) is 0.556. The third-order valence-corrected chi connectivity index (χ3v) is 0.556. The van der Waals surface area contributed by atoms with Crippen molar-refractivity contribution in [2.45, 2.75) is 0 Å². The maximum atomic E-state index is 2.00. The molecule has 0 aromatic heterocycles. The van der Waals surface area contributed by atoms with Gasteiger partial charge in [0, 0.05) is 39.1 Å². The molecule has 0 heterocycles. The van der Waals surface area contributed by atoms with Crippen LogP contribution in [0.25, 0.3) is 0 Å². The smallest absolute Gasteiger partial charge is 0.00506 e. The average Bonchev–Trinajstić information content (AvgIpc) is 1.76. The molecule has 0 aliphatic heterocycles. The van der Waals surface area contributed by atoms with Crippen molar-refractivity contribution in [3.63, 3.8) is 0 Å². The maximum Gasteiger partial charge on any atom is 0.00506 e. The van der Waals surface area contributed by atoms with Crippen LogP contribution in [0.5, 0.6) is 0 Å². The van der Waals surface area contributed by atoms with E-state index in [9.17, 15) is 0 Å². The molecule has 0 aromatic rings. The molecule has 1 aliphatic carbocycles. The molecule has 0 fully saturated rings. The van der Waals surface area contributed by atoms with Crippen molar-refractivity contribution < 1.29 is 32.7 Å². The Morgan fingerprint density at radius 2 is 1.17 bits per heavy atom. The molecular formula is C5H5Y. The van der Waals surface area contributed by atoms with E-state index in [4.69, 9.17) is 0 Å². The summed E-state index contributed by atoms with van der Waals surface area (Å²) in [7, 11) is 0. The molecule has 0 saturated heterocycles. The second-order valence-corrected chi connectivity index (χ2v) is 0.962. The predicted molar refractivity (Wildman–Crippen MR) is 22.6 cm³/mol. The van der Waals surface area contributed by atoms with E-state index >= 15 is 0 Å². The van der Waals surface area contributed by atoms with Crippen LogP contribution >= 0.6 is 0 Å². The van der Waals surface area contributed by atoms with Gasteiger partial charge in [0.05, 0.1) is 0 Å². The Labute approximate surface area is 63.2 Å². The van der Waals surface area contributed by atoms with Gasteiger partial charge in [0.25, 0.3) is 0 Å². The summed E-state index contributed by atoms with van der Waals surface area (Å²) >= 11 is 0. The molecule has 0 bridgehead atoms. The van der Waals surface area contributed by atoms with Crippen LogP contribution in [0.2, 0.25) is 0 Å². The van der Waals surface area contributed by atoms with Gasteiger partial charge in [-0.05, 0) is 0 Å². The van der Waals surface area contributed by atoms with Crippen molar-refractivity contribution in [1.82, 2.24) is 0 Å². The normalized spacial score (nSPS) is 14.7. The summed E-state index contributed by atoms with van der Waals surface area (Å²) in [5.41, 5.74) is 0. The summed E-state index contributed by atoms with van der Waals surface area (Å²) in [6, 6.07) is 0.